The van der Waals surface area contributed by atoms with Crippen molar-refractivity contribution < 1.29 is 18.7 Å². The third-order valence-corrected chi connectivity index (χ3v) is 2.01. The van der Waals surface area contributed by atoms with Gasteiger partial charge in [0.2, 0.25) is 5.78 Å². The first-order valence-electron chi connectivity index (χ1n) is 4.33. The minimum Gasteiger partial charge on any atom is -0.464 e. The van der Waals surface area contributed by atoms with Crippen molar-refractivity contribution in [1.29, 1.82) is 0 Å². The van der Waals surface area contributed by atoms with E-state index in [2.05, 4.69) is 11.3 Å². The summed E-state index contributed by atoms with van der Waals surface area (Å²) in [7, 11) is 0. The van der Waals surface area contributed by atoms with Gasteiger partial charge in [-0.05, 0) is 18.2 Å². The summed E-state index contributed by atoms with van der Waals surface area (Å²) in [5.74, 6) is -0.407. The van der Waals surface area contributed by atoms with Crippen LogP contribution in [0.15, 0.2) is 41.0 Å². The summed E-state index contributed by atoms with van der Waals surface area (Å²) in [4.78, 5) is 22.3. The first kappa shape index (κ1) is 9.45. The summed E-state index contributed by atoms with van der Waals surface area (Å²) in [5.41, 5.74) is 0.499. The van der Waals surface area contributed by atoms with Gasteiger partial charge in [-0.15, -0.1) is 0 Å². The maximum atomic E-state index is 11.2. The lowest BCUT2D eigenvalue weighted by Crippen LogP contribution is -2.00. The molecule has 0 bridgehead atoms. The van der Waals surface area contributed by atoms with Crippen LogP contribution in [0.5, 0.6) is 0 Å². The van der Waals surface area contributed by atoms with E-state index in [0.717, 1.165) is 0 Å². The molecule has 0 unspecified atom stereocenters. The number of cyclic esters (lactones) is 1. The first-order valence-corrected chi connectivity index (χ1v) is 4.33. The molecule has 0 saturated carbocycles. The van der Waals surface area contributed by atoms with Crippen molar-refractivity contribution in [2.24, 2.45) is 0 Å². The average Bonchev–Trinajstić information content (AvgIpc) is 2.82. The van der Waals surface area contributed by atoms with Crippen LogP contribution < -0.4 is 0 Å². The van der Waals surface area contributed by atoms with E-state index in [1.54, 1.807) is 12.1 Å². The number of rotatable bonds is 2. The minimum atomic E-state index is -0.604. The molecule has 0 N–H and O–H groups in total. The highest BCUT2D eigenvalue weighted by molar-refractivity contribution is 6.22. The van der Waals surface area contributed by atoms with Crippen LogP contribution in [0.1, 0.15) is 5.76 Å². The van der Waals surface area contributed by atoms with Gasteiger partial charge in [0.05, 0.1) is 6.26 Å². The van der Waals surface area contributed by atoms with Crippen LogP contribution in [0.2, 0.25) is 0 Å². The summed E-state index contributed by atoms with van der Waals surface area (Å²) in [6.07, 6.45) is 2.88. The van der Waals surface area contributed by atoms with Crippen molar-refractivity contribution in [3.63, 3.8) is 0 Å². The monoisotopic (exact) mass is 204 g/mol. The fourth-order valence-corrected chi connectivity index (χ4v) is 1.25. The van der Waals surface area contributed by atoms with Crippen molar-refractivity contribution in [2.45, 2.75) is 0 Å². The molecule has 1 aliphatic rings. The molecule has 0 spiro atoms. The number of Topliss-reactive ketones (excluding diaryl/α,β-unsaturated/α-hetero) is 1. The molecular weight excluding hydrogens is 196 g/mol. The number of carbonyl (C=O) groups is 2. The Bertz CT molecular complexity index is 433. The second kappa shape index (κ2) is 3.57. The molecule has 1 saturated heterocycles. The Labute approximate surface area is 85.8 Å². The van der Waals surface area contributed by atoms with Gasteiger partial charge in [0, 0.05) is 5.57 Å². The second-order valence-electron chi connectivity index (χ2n) is 3.06. The zero-order valence-electron chi connectivity index (χ0n) is 7.86. The average molecular weight is 204 g/mol. The van der Waals surface area contributed by atoms with Gasteiger partial charge in [-0.25, -0.2) is 4.79 Å². The molecule has 0 aromatic carbocycles. The molecule has 0 aliphatic carbocycles. The molecule has 2 rings (SSSR count). The van der Waals surface area contributed by atoms with E-state index >= 15 is 0 Å². The van der Waals surface area contributed by atoms with E-state index in [4.69, 9.17) is 4.42 Å². The highest BCUT2D eigenvalue weighted by Crippen LogP contribution is 2.19. The van der Waals surface area contributed by atoms with Crippen LogP contribution in [-0.2, 0) is 14.3 Å². The summed E-state index contributed by atoms with van der Waals surface area (Å²) in [6, 6.07) is 3.40. The van der Waals surface area contributed by atoms with Crippen molar-refractivity contribution in [3.8, 4) is 0 Å². The molecule has 1 aromatic rings. The first-order chi connectivity index (χ1) is 7.18. The van der Waals surface area contributed by atoms with Crippen molar-refractivity contribution in [1.82, 2.24) is 0 Å². The van der Waals surface area contributed by atoms with E-state index in [1.807, 2.05) is 0 Å². The topological polar surface area (TPSA) is 56.5 Å². The number of carbonyl (C=O) groups excluding carboxylic acids is 2. The number of ketones is 1. The van der Waals surface area contributed by atoms with Crippen LogP contribution in [-0.4, -0.2) is 18.4 Å². The molecule has 0 amide bonds. The van der Waals surface area contributed by atoms with Crippen molar-refractivity contribution in [3.05, 3.63) is 42.4 Å². The smallest absolute Gasteiger partial charge is 0.342 e. The third kappa shape index (κ3) is 1.74. The van der Waals surface area contributed by atoms with Gasteiger partial charge in [0.15, 0.2) is 6.61 Å². The lowest BCUT2D eigenvalue weighted by molar-refractivity contribution is -0.135. The molecule has 4 heteroatoms. The standard InChI is InChI=1S/C11H8O4/c1-7(10-3-2-4-14-10)5-8-9(12)6-15-11(8)13/h2-5H,1,6H2. The Hall–Kier alpha value is -2.10. The molecule has 1 aromatic heterocycles. The van der Waals surface area contributed by atoms with Crippen LogP contribution in [0.3, 0.4) is 0 Å². The molecule has 1 fully saturated rings. The van der Waals surface area contributed by atoms with E-state index in [9.17, 15) is 9.59 Å². The number of hydrogen-bond acceptors (Lipinski definition) is 4. The lowest BCUT2D eigenvalue weighted by Gasteiger charge is -1.94. The Morgan fingerprint density at radius 2 is 2.27 bits per heavy atom. The number of allylic oxidation sites excluding steroid dienone is 2. The second-order valence-corrected chi connectivity index (χ2v) is 3.06. The molecular formula is C11H8O4. The number of hydrogen-bond donors (Lipinski definition) is 0. The number of esters is 1. The number of furan rings is 1. The summed E-state index contributed by atoms with van der Waals surface area (Å²) in [6.45, 7) is 3.51. The Kier molecular flexibility index (Phi) is 2.25. The lowest BCUT2D eigenvalue weighted by atomic mass is 10.1. The van der Waals surface area contributed by atoms with Gasteiger partial charge in [-0.3, -0.25) is 4.79 Å². The molecule has 1 aliphatic heterocycles. The normalized spacial score (nSPS) is 18.3. The Morgan fingerprint density at radius 3 is 2.80 bits per heavy atom. The maximum Gasteiger partial charge on any atom is 0.342 e. The summed E-state index contributed by atoms with van der Waals surface area (Å²) in [5, 5.41) is 0. The molecule has 76 valence electrons. The molecule has 2 heterocycles. The summed E-state index contributed by atoms with van der Waals surface area (Å²) >= 11 is 0. The third-order valence-electron chi connectivity index (χ3n) is 2.01. The van der Waals surface area contributed by atoms with Gasteiger partial charge in [-0.1, -0.05) is 6.58 Å². The van der Waals surface area contributed by atoms with Crippen molar-refractivity contribution in [2.75, 3.05) is 6.61 Å². The van der Waals surface area contributed by atoms with Crippen molar-refractivity contribution >= 4 is 17.3 Å². The van der Waals surface area contributed by atoms with Gasteiger partial charge in [-0.2, -0.15) is 0 Å². The summed E-state index contributed by atoms with van der Waals surface area (Å²) < 4.78 is 9.64. The highest BCUT2D eigenvalue weighted by atomic mass is 16.5. The van der Waals surface area contributed by atoms with Gasteiger partial charge >= 0.3 is 5.97 Å². The fourth-order valence-electron chi connectivity index (χ4n) is 1.25. The molecule has 0 radical (unpaired) electrons. The van der Waals surface area contributed by atoms with Crippen LogP contribution in [0.4, 0.5) is 0 Å². The van der Waals surface area contributed by atoms with Gasteiger partial charge in [0.25, 0.3) is 0 Å². The predicted octanol–water partition coefficient (Wildman–Crippen LogP) is 1.35. The maximum absolute atomic E-state index is 11.2. The van der Waals surface area contributed by atoms with E-state index in [0.29, 0.717) is 11.3 Å². The zero-order valence-corrected chi connectivity index (χ0v) is 7.86. The van der Waals surface area contributed by atoms with Crippen LogP contribution in [0.25, 0.3) is 5.57 Å². The molecule has 4 nitrogen and oxygen atoms in total. The largest absolute Gasteiger partial charge is 0.464 e. The highest BCUT2D eigenvalue weighted by Gasteiger charge is 2.28. The SMILES string of the molecule is C=C(C=C1C(=O)COC1=O)c1ccco1. The Balaban J connectivity index is 2.27. The predicted molar refractivity (Wildman–Crippen MR) is 51.8 cm³/mol. The van der Waals surface area contributed by atoms with E-state index < -0.39 is 5.97 Å². The molecule has 0 atom stereocenters. The fraction of sp³-hybridized carbons (Fsp3) is 0.0909. The zero-order chi connectivity index (χ0) is 10.8. The number of ether oxygens (including phenoxy) is 1. The molecule has 15 heavy (non-hydrogen) atoms. The van der Waals surface area contributed by atoms with Gasteiger partial charge in [0.1, 0.15) is 11.3 Å². The quantitative estimate of drug-likeness (QED) is 0.414. The van der Waals surface area contributed by atoms with E-state index in [1.165, 1.54) is 12.3 Å². The van der Waals surface area contributed by atoms with Gasteiger partial charge < -0.3 is 9.15 Å². The van der Waals surface area contributed by atoms with Crippen LogP contribution in [0, 0.1) is 0 Å². The van der Waals surface area contributed by atoms with E-state index in [-0.39, 0.29) is 18.0 Å². The Morgan fingerprint density at radius 1 is 1.47 bits per heavy atom. The van der Waals surface area contributed by atoms with Crippen LogP contribution >= 0.6 is 0 Å². The minimum absolute atomic E-state index is 0.0244.